The lowest BCUT2D eigenvalue weighted by Crippen LogP contribution is -2.55. The number of carbonyl (C=O) groups is 2. The molecule has 2 heterocycles. The Labute approximate surface area is 179 Å². The Hall–Kier alpha value is -2.81. The van der Waals surface area contributed by atoms with E-state index in [0.29, 0.717) is 6.07 Å². The molecule has 0 radical (unpaired) electrons. The van der Waals surface area contributed by atoms with E-state index in [1.54, 1.807) is 0 Å². The molecule has 2 aliphatic heterocycles. The summed E-state index contributed by atoms with van der Waals surface area (Å²) in [5.41, 5.74) is -2.25. The number of nitrogens with zero attached hydrogens (tertiary/aromatic N) is 3. The molecule has 1 N–H and O–H groups in total. The van der Waals surface area contributed by atoms with Gasteiger partial charge in [-0.05, 0) is 24.1 Å². The molecule has 2 fully saturated rings. The fraction of sp³-hybridized carbons (Fsp3) is 0.550. The molecule has 0 bridgehead atoms. The van der Waals surface area contributed by atoms with Crippen LogP contribution in [0.1, 0.15) is 36.0 Å². The summed E-state index contributed by atoms with van der Waals surface area (Å²) in [6, 6.07) is 0.415. The topological polar surface area (TPSA) is 76.4 Å². The van der Waals surface area contributed by atoms with Crippen molar-refractivity contribution in [1.82, 2.24) is 15.1 Å². The maximum atomic E-state index is 13.7. The van der Waals surface area contributed by atoms with Crippen molar-refractivity contribution in [3.63, 3.8) is 0 Å². The summed E-state index contributed by atoms with van der Waals surface area (Å²) >= 11 is 0. The normalized spacial score (nSPS) is 24.4. The van der Waals surface area contributed by atoms with Crippen LogP contribution in [-0.2, 0) is 15.8 Å². The maximum absolute atomic E-state index is 13.7. The minimum absolute atomic E-state index is 0.160. The highest BCUT2D eigenvalue weighted by molar-refractivity contribution is 5.83. The Morgan fingerprint density at radius 3 is 2.16 bits per heavy atom. The summed E-state index contributed by atoms with van der Waals surface area (Å²) in [6.07, 6.45) is -10.1. The summed E-state index contributed by atoms with van der Waals surface area (Å²) < 4.78 is 80.9. The number of carbonyl (C=O) groups excluding carboxylic acids is 2. The van der Waals surface area contributed by atoms with Gasteiger partial charge in [0.1, 0.15) is 6.04 Å². The van der Waals surface area contributed by atoms with E-state index < -0.39 is 47.4 Å². The molecule has 3 rings (SSSR count). The van der Waals surface area contributed by atoms with Gasteiger partial charge in [0.2, 0.25) is 11.8 Å². The van der Waals surface area contributed by atoms with Crippen LogP contribution in [-0.4, -0.2) is 66.1 Å². The van der Waals surface area contributed by atoms with Crippen LogP contribution in [0.3, 0.4) is 0 Å². The molecule has 32 heavy (non-hydrogen) atoms. The number of rotatable bonds is 2. The first-order valence-electron chi connectivity index (χ1n) is 9.81. The van der Waals surface area contributed by atoms with Gasteiger partial charge in [-0.1, -0.05) is 6.07 Å². The molecule has 3 atom stereocenters. The van der Waals surface area contributed by atoms with Crippen LogP contribution < -0.4 is 5.32 Å². The van der Waals surface area contributed by atoms with E-state index in [9.17, 15) is 35.9 Å². The van der Waals surface area contributed by atoms with Crippen molar-refractivity contribution in [2.24, 2.45) is 0 Å². The standard InChI is InChI=1S/C20H20F6N4O2/c1-11(31)29-4-6-30(7-5-29)18(32)16-9-14(17(28-16)20(24,25)26)12-2-3-13(10-27)15(8-12)19(21,22)23/h2-3,8,14,16-17,28H,4-7,9H2,1H3/t14?,16-,17+/m0/s1. The molecule has 174 valence electrons. The molecule has 1 unspecified atom stereocenters. The van der Waals surface area contributed by atoms with E-state index >= 15 is 0 Å². The molecule has 6 nitrogen and oxygen atoms in total. The van der Waals surface area contributed by atoms with Gasteiger partial charge in [0.05, 0.1) is 23.2 Å². The third-order valence-electron chi connectivity index (χ3n) is 5.86. The first-order chi connectivity index (χ1) is 14.8. The number of alkyl halides is 6. The number of benzene rings is 1. The van der Waals surface area contributed by atoms with E-state index in [2.05, 4.69) is 5.32 Å². The maximum Gasteiger partial charge on any atom is 0.417 e. The van der Waals surface area contributed by atoms with Crippen LogP contribution in [0, 0.1) is 11.3 Å². The van der Waals surface area contributed by atoms with Gasteiger partial charge in [-0.25, -0.2) is 0 Å². The molecular weight excluding hydrogens is 442 g/mol. The smallest absolute Gasteiger partial charge is 0.339 e. The molecule has 12 heteroatoms. The van der Waals surface area contributed by atoms with E-state index in [1.807, 2.05) is 0 Å². The molecule has 1 aromatic rings. The van der Waals surface area contributed by atoms with Gasteiger partial charge >= 0.3 is 12.4 Å². The van der Waals surface area contributed by atoms with E-state index in [-0.39, 0.29) is 44.1 Å². The molecule has 2 saturated heterocycles. The molecule has 1 aromatic carbocycles. The lowest BCUT2D eigenvalue weighted by Gasteiger charge is -2.35. The second-order valence-corrected chi connectivity index (χ2v) is 7.83. The predicted molar refractivity (Wildman–Crippen MR) is 99.1 cm³/mol. The average Bonchev–Trinajstić information content (AvgIpc) is 3.18. The Bertz CT molecular complexity index is 931. The zero-order valence-corrected chi connectivity index (χ0v) is 16.9. The van der Waals surface area contributed by atoms with Crippen LogP contribution in [0.15, 0.2) is 18.2 Å². The van der Waals surface area contributed by atoms with Gasteiger partial charge in [0, 0.05) is 39.0 Å². The number of nitrogens with one attached hydrogen (secondary N) is 1. The number of hydrogen-bond acceptors (Lipinski definition) is 4. The van der Waals surface area contributed by atoms with Crippen LogP contribution in [0.4, 0.5) is 26.3 Å². The second-order valence-electron chi connectivity index (χ2n) is 7.83. The first-order valence-corrected chi connectivity index (χ1v) is 9.81. The Morgan fingerprint density at radius 2 is 1.66 bits per heavy atom. The summed E-state index contributed by atoms with van der Waals surface area (Å²) in [5.74, 6) is -2.19. The second kappa shape index (κ2) is 8.61. The molecular formula is C20H20F6N4O2. The van der Waals surface area contributed by atoms with E-state index in [1.165, 1.54) is 22.8 Å². The van der Waals surface area contributed by atoms with Crippen molar-refractivity contribution in [3.05, 3.63) is 34.9 Å². The number of halogens is 6. The highest BCUT2D eigenvalue weighted by atomic mass is 19.4. The zero-order chi connectivity index (χ0) is 23.8. The van der Waals surface area contributed by atoms with Gasteiger partial charge in [-0.2, -0.15) is 31.6 Å². The summed E-state index contributed by atoms with van der Waals surface area (Å²) in [5, 5.41) is 11.2. The Balaban J connectivity index is 1.85. The molecule has 0 saturated carbocycles. The van der Waals surface area contributed by atoms with Crippen LogP contribution in [0.25, 0.3) is 0 Å². The van der Waals surface area contributed by atoms with Gasteiger partial charge < -0.3 is 9.80 Å². The third-order valence-corrected chi connectivity index (χ3v) is 5.86. The molecule has 0 aliphatic carbocycles. The van der Waals surface area contributed by atoms with Crippen LogP contribution >= 0.6 is 0 Å². The van der Waals surface area contributed by atoms with Crippen molar-refractivity contribution in [1.29, 1.82) is 5.26 Å². The van der Waals surface area contributed by atoms with Crippen LogP contribution in [0.5, 0.6) is 0 Å². The minimum atomic E-state index is -4.91. The quantitative estimate of drug-likeness (QED) is 0.686. The number of nitriles is 1. The Kier molecular flexibility index (Phi) is 6.42. The summed E-state index contributed by atoms with van der Waals surface area (Å²) in [4.78, 5) is 27.1. The Morgan fingerprint density at radius 1 is 1.06 bits per heavy atom. The highest BCUT2D eigenvalue weighted by Gasteiger charge is 2.53. The largest absolute Gasteiger partial charge is 0.417 e. The van der Waals surface area contributed by atoms with Crippen molar-refractivity contribution >= 4 is 11.8 Å². The van der Waals surface area contributed by atoms with Crippen molar-refractivity contribution in [2.75, 3.05) is 26.2 Å². The van der Waals surface area contributed by atoms with Gasteiger partial charge in [0.25, 0.3) is 0 Å². The minimum Gasteiger partial charge on any atom is -0.339 e. The van der Waals surface area contributed by atoms with Gasteiger partial charge in [-0.15, -0.1) is 0 Å². The van der Waals surface area contributed by atoms with Crippen molar-refractivity contribution < 1.29 is 35.9 Å². The fourth-order valence-corrected chi connectivity index (χ4v) is 4.20. The van der Waals surface area contributed by atoms with Gasteiger partial charge in [-0.3, -0.25) is 14.9 Å². The number of amides is 2. The van der Waals surface area contributed by atoms with Crippen molar-refractivity contribution in [2.45, 2.75) is 43.7 Å². The van der Waals surface area contributed by atoms with E-state index in [0.717, 1.165) is 12.1 Å². The molecule has 2 amide bonds. The SMILES string of the molecule is CC(=O)N1CCN(C(=O)[C@@H]2CC(c3ccc(C#N)c(C(F)(F)F)c3)[C@H](C(F)(F)F)N2)CC1. The molecule has 2 aliphatic rings. The lowest BCUT2D eigenvalue weighted by molar-refractivity contribution is -0.157. The number of piperazine rings is 1. The lowest BCUT2D eigenvalue weighted by atomic mass is 9.88. The zero-order valence-electron chi connectivity index (χ0n) is 16.9. The molecule has 0 spiro atoms. The summed E-state index contributed by atoms with van der Waals surface area (Å²) in [7, 11) is 0. The predicted octanol–water partition coefficient (Wildman–Crippen LogP) is 2.64. The number of hydrogen-bond donors (Lipinski definition) is 1. The van der Waals surface area contributed by atoms with Crippen LogP contribution in [0.2, 0.25) is 0 Å². The average molecular weight is 462 g/mol. The first kappa shape index (κ1) is 23.8. The fourth-order valence-electron chi connectivity index (χ4n) is 4.20. The monoisotopic (exact) mass is 462 g/mol. The summed E-state index contributed by atoms with van der Waals surface area (Å²) in [6.45, 7) is 2.20. The molecule has 0 aromatic heterocycles. The third kappa shape index (κ3) is 4.82. The van der Waals surface area contributed by atoms with E-state index in [4.69, 9.17) is 5.26 Å². The van der Waals surface area contributed by atoms with Gasteiger partial charge in [0.15, 0.2) is 0 Å². The highest BCUT2D eigenvalue weighted by Crippen LogP contribution is 2.42. The van der Waals surface area contributed by atoms with Crippen molar-refractivity contribution in [3.8, 4) is 6.07 Å².